The molecule has 1 saturated carbocycles. The molecule has 15 heavy (non-hydrogen) atoms. The molecular formula is C13H26N2. The molecule has 1 aliphatic rings. The van der Waals surface area contributed by atoms with E-state index in [0.29, 0.717) is 12.0 Å². The highest BCUT2D eigenvalue weighted by atomic mass is 15.2. The van der Waals surface area contributed by atoms with Gasteiger partial charge in [-0.05, 0) is 25.2 Å². The van der Waals surface area contributed by atoms with Gasteiger partial charge in [0.15, 0.2) is 0 Å². The summed E-state index contributed by atoms with van der Waals surface area (Å²) in [5.74, 6) is 1.38. The third-order valence-electron chi connectivity index (χ3n) is 3.96. The number of rotatable bonds is 2. The molecule has 0 saturated heterocycles. The molecule has 2 heteroatoms. The Labute approximate surface area is 94.6 Å². The van der Waals surface area contributed by atoms with Crippen molar-refractivity contribution in [3.05, 3.63) is 0 Å². The zero-order chi connectivity index (χ0) is 11.6. The average molecular weight is 210 g/mol. The monoisotopic (exact) mass is 210 g/mol. The highest BCUT2D eigenvalue weighted by molar-refractivity contribution is 5.82. The van der Waals surface area contributed by atoms with E-state index in [2.05, 4.69) is 39.6 Å². The largest absolute Gasteiger partial charge is 0.360 e. The minimum absolute atomic E-state index is 0.250. The fourth-order valence-electron chi connectivity index (χ4n) is 2.28. The highest BCUT2D eigenvalue weighted by Gasteiger charge is 2.29. The van der Waals surface area contributed by atoms with Crippen LogP contribution < -0.4 is 0 Å². The predicted molar refractivity (Wildman–Crippen MR) is 66.4 cm³/mol. The maximum Gasteiger partial charge on any atom is 0.0989 e. The van der Waals surface area contributed by atoms with Gasteiger partial charge in [-0.25, -0.2) is 0 Å². The van der Waals surface area contributed by atoms with Gasteiger partial charge in [0.05, 0.1) is 5.84 Å². The second-order valence-electron chi connectivity index (χ2n) is 6.02. The number of nitrogens with zero attached hydrogens (tertiary/aromatic N) is 1. The molecule has 0 heterocycles. The van der Waals surface area contributed by atoms with Crippen LogP contribution in [0.4, 0.5) is 0 Å². The highest BCUT2D eigenvalue weighted by Crippen LogP contribution is 2.30. The first-order valence-corrected chi connectivity index (χ1v) is 6.15. The van der Waals surface area contributed by atoms with Crippen LogP contribution in [0.1, 0.15) is 53.4 Å². The molecule has 1 atom stereocenters. The van der Waals surface area contributed by atoms with Crippen molar-refractivity contribution in [1.82, 2.24) is 4.90 Å². The standard InChI is InChI=1S/C13H26N2/c1-10(13(2,3)4)15(5)12(14)11-8-6-7-9-11/h10-11,14H,6-9H2,1-5H3. The normalized spacial score (nSPS) is 20.3. The van der Waals surface area contributed by atoms with Crippen LogP contribution in [-0.4, -0.2) is 23.8 Å². The summed E-state index contributed by atoms with van der Waals surface area (Å²) < 4.78 is 0. The van der Waals surface area contributed by atoms with Crippen LogP contribution in [0.5, 0.6) is 0 Å². The third kappa shape index (κ3) is 2.96. The third-order valence-corrected chi connectivity index (χ3v) is 3.96. The molecule has 2 nitrogen and oxygen atoms in total. The predicted octanol–water partition coefficient (Wildman–Crippen LogP) is 3.52. The van der Waals surface area contributed by atoms with Gasteiger partial charge in [-0.1, -0.05) is 33.6 Å². The second kappa shape index (κ2) is 4.54. The average Bonchev–Trinajstić information content (AvgIpc) is 2.65. The van der Waals surface area contributed by atoms with Crippen molar-refractivity contribution in [1.29, 1.82) is 5.41 Å². The molecule has 1 unspecified atom stereocenters. The summed E-state index contributed by atoms with van der Waals surface area (Å²) in [5, 5.41) is 8.23. The first kappa shape index (κ1) is 12.5. The Morgan fingerprint density at radius 3 is 2.13 bits per heavy atom. The molecule has 0 spiro atoms. The fourth-order valence-corrected chi connectivity index (χ4v) is 2.28. The minimum atomic E-state index is 0.250. The molecule has 0 aromatic carbocycles. The Morgan fingerprint density at radius 2 is 1.73 bits per heavy atom. The number of hydrogen-bond donors (Lipinski definition) is 1. The van der Waals surface area contributed by atoms with Gasteiger partial charge in [0.2, 0.25) is 0 Å². The van der Waals surface area contributed by atoms with Gasteiger partial charge in [0.25, 0.3) is 0 Å². The van der Waals surface area contributed by atoms with E-state index in [1.54, 1.807) is 0 Å². The second-order valence-corrected chi connectivity index (χ2v) is 6.02. The van der Waals surface area contributed by atoms with Crippen molar-refractivity contribution < 1.29 is 0 Å². The Hall–Kier alpha value is -0.530. The molecule has 1 rings (SSSR count). The van der Waals surface area contributed by atoms with Crippen LogP contribution in [0.15, 0.2) is 0 Å². The summed E-state index contributed by atoms with van der Waals surface area (Å²) >= 11 is 0. The Balaban J connectivity index is 2.59. The number of nitrogens with one attached hydrogen (secondary N) is 1. The molecule has 1 aliphatic carbocycles. The van der Waals surface area contributed by atoms with Crippen molar-refractivity contribution in [3.63, 3.8) is 0 Å². The van der Waals surface area contributed by atoms with Crippen molar-refractivity contribution in [2.24, 2.45) is 11.3 Å². The van der Waals surface area contributed by atoms with Crippen molar-refractivity contribution >= 4 is 5.84 Å². The van der Waals surface area contributed by atoms with E-state index < -0.39 is 0 Å². The molecular weight excluding hydrogens is 184 g/mol. The summed E-state index contributed by atoms with van der Waals surface area (Å²) in [6, 6.07) is 0.436. The first-order valence-electron chi connectivity index (χ1n) is 6.15. The molecule has 0 bridgehead atoms. The van der Waals surface area contributed by atoms with Gasteiger partial charge in [-0.15, -0.1) is 0 Å². The van der Waals surface area contributed by atoms with E-state index in [0.717, 1.165) is 5.84 Å². The molecule has 0 aromatic rings. The van der Waals surface area contributed by atoms with E-state index in [1.165, 1.54) is 25.7 Å². The Morgan fingerprint density at radius 1 is 1.27 bits per heavy atom. The van der Waals surface area contributed by atoms with Crippen LogP contribution in [0.2, 0.25) is 0 Å². The van der Waals surface area contributed by atoms with Gasteiger partial charge in [-0.3, -0.25) is 5.41 Å². The van der Waals surface area contributed by atoms with E-state index in [1.807, 2.05) is 0 Å². The molecule has 0 aliphatic heterocycles. The first-order chi connectivity index (χ1) is 6.84. The molecule has 0 aromatic heterocycles. The molecule has 0 amide bonds. The van der Waals surface area contributed by atoms with Crippen LogP contribution >= 0.6 is 0 Å². The van der Waals surface area contributed by atoms with Crippen molar-refractivity contribution in [3.8, 4) is 0 Å². The maximum atomic E-state index is 8.23. The summed E-state index contributed by atoms with van der Waals surface area (Å²) in [4.78, 5) is 2.18. The lowest BCUT2D eigenvalue weighted by atomic mass is 9.86. The van der Waals surface area contributed by atoms with Gasteiger partial charge < -0.3 is 4.90 Å². The molecule has 1 N–H and O–H groups in total. The Kier molecular flexibility index (Phi) is 3.80. The summed E-state index contributed by atoms with van der Waals surface area (Å²) in [6.07, 6.45) is 5.07. The lowest BCUT2D eigenvalue weighted by molar-refractivity contribution is 0.200. The SMILES string of the molecule is CC(N(C)C(=N)C1CCCC1)C(C)(C)C. The van der Waals surface area contributed by atoms with Gasteiger partial charge in [0, 0.05) is 19.0 Å². The lowest BCUT2D eigenvalue weighted by Gasteiger charge is -2.38. The smallest absolute Gasteiger partial charge is 0.0989 e. The zero-order valence-electron chi connectivity index (χ0n) is 10.9. The topological polar surface area (TPSA) is 27.1 Å². The van der Waals surface area contributed by atoms with Crippen molar-refractivity contribution in [2.45, 2.75) is 59.4 Å². The zero-order valence-corrected chi connectivity index (χ0v) is 10.9. The quantitative estimate of drug-likeness (QED) is 0.548. The summed E-state index contributed by atoms with van der Waals surface area (Å²) in [5.41, 5.74) is 0.250. The number of amidine groups is 1. The van der Waals surface area contributed by atoms with E-state index in [9.17, 15) is 0 Å². The minimum Gasteiger partial charge on any atom is -0.360 e. The molecule has 0 radical (unpaired) electrons. The fraction of sp³-hybridized carbons (Fsp3) is 0.923. The van der Waals surface area contributed by atoms with E-state index in [-0.39, 0.29) is 5.41 Å². The number of hydrogen-bond acceptors (Lipinski definition) is 1. The molecule has 1 fully saturated rings. The van der Waals surface area contributed by atoms with Crippen molar-refractivity contribution in [2.75, 3.05) is 7.05 Å². The lowest BCUT2D eigenvalue weighted by Crippen LogP contribution is -2.44. The van der Waals surface area contributed by atoms with Crippen LogP contribution in [-0.2, 0) is 0 Å². The van der Waals surface area contributed by atoms with Crippen LogP contribution in [0, 0.1) is 16.7 Å². The maximum absolute atomic E-state index is 8.23. The van der Waals surface area contributed by atoms with Crippen LogP contribution in [0.25, 0.3) is 0 Å². The van der Waals surface area contributed by atoms with Crippen LogP contribution in [0.3, 0.4) is 0 Å². The summed E-state index contributed by atoms with van der Waals surface area (Å²) in [6.45, 7) is 8.96. The van der Waals surface area contributed by atoms with E-state index >= 15 is 0 Å². The van der Waals surface area contributed by atoms with Gasteiger partial charge >= 0.3 is 0 Å². The van der Waals surface area contributed by atoms with E-state index in [4.69, 9.17) is 5.41 Å². The van der Waals surface area contributed by atoms with Gasteiger partial charge in [0.1, 0.15) is 0 Å². The molecule has 88 valence electrons. The van der Waals surface area contributed by atoms with Gasteiger partial charge in [-0.2, -0.15) is 0 Å². The summed E-state index contributed by atoms with van der Waals surface area (Å²) in [7, 11) is 2.08. The Bertz CT molecular complexity index is 221.